The van der Waals surface area contributed by atoms with Crippen molar-refractivity contribution in [2.75, 3.05) is 0 Å². The molecule has 0 saturated heterocycles. The quantitative estimate of drug-likeness (QED) is 0.160. The molecule has 0 amide bonds. The van der Waals surface area contributed by atoms with E-state index in [0.29, 0.717) is 47.3 Å². The molecule has 0 atom stereocenters. The van der Waals surface area contributed by atoms with E-state index in [0.717, 1.165) is 41.0 Å². The van der Waals surface area contributed by atoms with Gasteiger partial charge in [0.25, 0.3) is 0 Å². The molecule has 4 heterocycles. The Morgan fingerprint density at radius 3 is 1.50 bits per heavy atom. The topological polar surface area (TPSA) is 82.1 Å². The minimum absolute atomic E-state index is 0.444. The second-order valence-corrected chi connectivity index (χ2v) is 21.8. The highest BCUT2D eigenvalue weighted by atomic mass is 14.9. The van der Waals surface area contributed by atoms with Gasteiger partial charge in [0.05, 0.1) is 33.4 Å². The number of nitrogens with zero attached hydrogens (tertiary/aromatic N) is 4. The third-order valence-electron chi connectivity index (χ3n) is 14.1. The van der Waals surface area contributed by atoms with Crippen molar-refractivity contribution in [3.8, 4) is 0 Å². The molecule has 0 spiro atoms. The molecule has 2 N–H and O–H groups in total. The van der Waals surface area contributed by atoms with Crippen LogP contribution in [0.5, 0.6) is 0 Å². The molecule has 2 aliphatic rings. The second-order valence-electron chi connectivity index (χ2n) is 21.8. The SMILES string of the molecule is CC(C)C1=Nc2cc(C(C)C)ccc2C1.CC(C)c1ccc2nc(C(C)C)[nH]c2c1.Cc1c(C(C)C)c(C)c2nc(C(C)C)[nH]c2c1C.Cc1c(C)c(C(C)C)c(C)c2c1CC(C(C)C)=N2. The standard InChI is InChI=1S/C17H25N.C16H24N2.C14H19N.C13H18N2/c1-9(2)15-8-14-11(5)12(6)16(10(3)4)13(7)17(14)18-15;1-8(2)13-10(5)11(6)14-15(12(13)7)18-16(17-14)9(3)4;1-9(2)11-5-6-12-8-13(10(3)4)15-14(12)7-11;1-8(2)10-5-6-11-12(7-10)15-13(14-11)9(3)4/h9-10H,8H2,1-7H3;8-9H,1-7H3,(H,17,18);5-7,9-10H,8H2,1-4H3;5-9H,1-4H3,(H,14,15). The Labute approximate surface area is 400 Å². The first-order chi connectivity index (χ1) is 30.8. The minimum atomic E-state index is 0.444. The molecule has 0 fully saturated rings. The number of hydrogen-bond donors (Lipinski definition) is 2. The lowest BCUT2D eigenvalue weighted by Gasteiger charge is -2.19. The van der Waals surface area contributed by atoms with Gasteiger partial charge in [-0.3, -0.25) is 9.98 Å². The molecule has 0 radical (unpaired) electrons. The Morgan fingerprint density at radius 1 is 0.439 bits per heavy atom. The van der Waals surface area contributed by atoms with Gasteiger partial charge in [-0.05, 0) is 162 Å². The van der Waals surface area contributed by atoms with Crippen LogP contribution in [0, 0.1) is 53.4 Å². The number of aromatic amines is 2. The molecule has 0 bridgehead atoms. The van der Waals surface area contributed by atoms with Gasteiger partial charge in [0, 0.05) is 36.1 Å². The van der Waals surface area contributed by atoms with Gasteiger partial charge in [0.2, 0.25) is 0 Å². The maximum absolute atomic E-state index is 4.91. The van der Waals surface area contributed by atoms with E-state index in [1.165, 1.54) is 95.1 Å². The van der Waals surface area contributed by atoms with Crippen molar-refractivity contribution in [1.82, 2.24) is 19.9 Å². The highest BCUT2D eigenvalue weighted by molar-refractivity contribution is 5.97. The Hall–Kier alpha value is -4.84. The highest BCUT2D eigenvalue weighted by Crippen LogP contribution is 2.41. The molecule has 6 heteroatoms. The lowest BCUT2D eigenvalue weighted by molar-refractivity contribution is 0.798. The number of hydrogen-bond acceptors (Lipinski definition) is 4. The zero-order chi connectivity index (χ0) is 49.2. The summed E-state index contributed by atoms with van der Waals surface area (Å²) in [6.07, 6.45) is 2.10. The zero-order valence-corrected chi connectivity index (χ0v) is 45.3. The smallest absolute Gasteiger partial charge is 0.109 e. The molecule has 8 rings (SSSR count). The Balaban J connectivity index is 0.000000166. The van der Waals surface area contributed by atoms with Crippen LogP contribution in [0.2, 0.25) is 0 Å². The summed E-state index contributed by atoms with van der Waals surface area (Å²) < 4.78 is 0. The molecule has 0 saturated carbocycles. The van der Waals surface area contributed by atoms with Crippen LogP contribution in [0.25, 0.3) is 22.1 Å². The van der Waals surface area contributed by atoms with Crippen molar-refractivity contribution in [2.24, 2.45) is 21.8 Å². The summed E-state index contributed by atoms with van der Waals surface area (Å²) in [6, 6.07) is 13.2. The van der Waals surface area contributed by atoms with E-state index < -0.39 is 0 Å². The van der Waals surface area contributed by atoms with Crippen molar-refractivity contribution in [3.63, 3.8) is 0 Å². The fourth-order valence-corrected chi connectivity index (χ4v) is 9.64. The molecule has 6 nitrogen and oxygen atoms in total. The van der Waals surface area contributed by atoms with Crippen LogP contribution in [0.4, 0.5) is 11.4 Å². The molecule has 0 aliphatic carbocycles. The van der Waals surface area contributed by atoms with Crippen LogP contribution in [0.3, 0.4) is 0 Å². The van der Waals surface area contributed by atoms with Gasteiger partial charge in [-0.2, -0.15) is 0 Å². The first kappa shape index (κ1) is 52.1. The van der Waals surface area contributed by atoms with Crippen LogP contribution in [-0.2, 0) is 12.8 Å². The van der Waals surface area contributed by atoms with Crippen molar-refractivity contribution >= 4 is 44.9 Å². The van der Waals surface area contributed by atoms with Gasteiger partial charge in [-0.15, -0.1) is 0 Å². The number of rotatable bonds is 8. The number of aryl methyl sites for hydroxylation is 2. The van der Waals surface area contributed by atoms with E-state index in [2.05, 4.69) is 204 Å². The fourth-order valence-electron chi connectivity index (χ4n) is 9.64. The van der Waals surface area contributed by atoms with Gasteiger partial charge in [-0.25, -0.2) is 9.97 Å². The van der Waals surface area contributed by atoms with E-state index in [1.54, 1.807) is 0 Å². The number of nitrogens with one attached hydrogen (secondary N) is 2. The van der Waals surface area contributed by atoms with Gasteiger partial charge in [0.15, 0.2) is 0 Å². The van der Waals surface area contributed by atoms with Crippen LogP contribution in [-0.4, -0.2) is 31.4 Å². The highest BCUT2D eigenvalue weighted by Gasteiger charge is 2.25. The first-order valence-corrected chi connectivity index (χ1v) is 25.2. The summed E-state index contributed by atoms with van der Waals surface area (Å²) in [7, 11) is 0. The first-order valence-electron chi connectivity index (χ1n) is 25.2. The Kier molecular flexibility index (Phi) is 16.9. The van der Waals surface area contributed by atoms with E-state index in [-0.39, 0.29) is 0 Å². The molecule has 0 unspecified atom stereocenters. The second kappa shape index (κ2) is 21.4. The molecule has 6 aromatic rings. The minimum Gasteiger partial charge on any atom is -0.342 e. The number of fused-ring (bicyclic) bond motifs is 4. The maximum atomic E-state index is 4.91. The number of aromatic nitrogens is 4. The molecule has 4 aromatic carbocycles. The van der Waals surface area contributed by atoms with Crippen LogP contribution in [0.1, 0.15) is 225 Å². The van der Waals surface area contributed by atoms with Crippen LogP contribution < -0.4 is 0 Å². The number of benzene rings is 4. The normalized spacial score (nSPS) is 13.2. The summed E-state index contributed by atoms with van der Waals surface area (Å²) in [5.74, 6) is 6.48. The predicted molar refractivity (Wildman–Crippen MR) is 289 cm³/mol. The third kappa shape index (κ3) is 11.3. The van der Waals surface area contributed by atoms with Crippen molar-refractivity contribution in [3.05, 3.63) is 115 Å². The van der Waals surface area contributed by atoms with E-state index in [1.807, 2.05) is 0 Å². The monoisotopic (exact) mass is 891 g/mol. The van der Waals surface area contributed by atoms with Gasteiger partial charge in [-0.1, -0.05) is 129 Å². The molecular weight excluding hydrogens is 805 g/mol. The maximum Gasteiger partial charge on any atom is 0.109 e. The molecular formula is C60H86N6. The molecule has 356 valence electrons. The average molecular weight is 891 g/mol. The third-order valence-corrected chi connectivity index (χ3v) is 14.1. The molecule has 2 aromatic heterocycles. The lowest BCUT2D eigenvalue weighted by Crippen LogP contribution is -2.07. The van der Waals surface area contributed by atoms with Crippen molar-refractivity contribution in [2.45, 2.75) is 201 Å². The predicted octanol–water partition coefficient (Wildman–Crippen LogP) is 17.7. The van der Waals surface area contributed by atoms with Gasteiger partial charge < -0.3 is 9.97 Å². The number of imidazole rings is 2. The van der Waals surface area contributed by atoms with Gasteiger partial charge in [0.1, 0.15) is 11.6 Å². The summed E-state index contributed by atoms with van der Waals surface area (Å²) in [4.78, 5) is 25.9. The summed E-state index contributed by atoms with van der Waals surface area (Å²) >= 11 is 0. The number of H-pyrrole nitrogens is 2. The van der Waals surface area contributed by atoms with Gasteiger partial charge >= 0.3 is 0 Å². The van der Waals surface area contributed by atoms with Crippen molar-refractivity contribution in [1.29, 1.82) is 0 Å². The largest absolute Gasteiger partial charge is 0.342 e. The summed E-state index contributed by atoms with van der Waals surface area (Å²) in [6.45, 7) is 48.9. The molecule has 66 heavy (non-hydrogen) atoms. The van der Waals surface area contributed by atoms with Crippen LogP contribution in [0.15, 0.2) is 46.4 Å². The fraction of sp³-hybridized carbons (Fsp3) is 0.533. The zero-order valence-electron chi connectivity index (χ0n) is 45.3. The summed E-state index contributed by atoms with van der Waals surface area (Å²) in [5, 5.41) is 0. The lowest BCUT2D eigenvalue weighted by atomic mass is 9.85. The average Bonchev–Trinajstić information content (AvgIpc) is 4.07. The van der Waals surface area contributed by atoms with E-state index in [4.69, 9.17) is 15.0 Å². The van der Waals surface area contributed by atoms with Crippen molar-refractivity contribution < 1.29 is 0 Å². The Morgan fingerprint density at radius 2 is 0.955 bits per heavy atom. The summed E-state index contributed by atoms with van der Waals surface area (Å²) in [5.41, 5.74) is 26.7. The molecule has 2 aliphatic heterocycles. The van der Waals surface area contributed by atoms with E-state index >= 15 is 0 Å². The van der Waals surface area contributed by atoms with Crippen LogP contribution >= 0.6 is 0 Å². The van der Waals surface area contributed by atoms with E-state index in [9.17, 15) is 0 Å². The Bertz CT molecular complexity index is 2720. The number of aliphatic imine (C=N–C) groups is 2.